The maximum atomic E-state index is 4.53. The normalized spacial score (nSPS) is 19.4. The summed E-state index contributed by atoms with van der Waals surface area (Å²) >= 11 is 0. The first-order valence-corrected chi connectivity index (χ1v) is 8.00. The molecule has 1 unspecified atom stereocenters. The molecule has 1 aromatic heterocycles. The van der Waals surface area contributed by atoms with Crippen molar-refractivity contribution >= 4 is 0 Å². The van der Waals surface area contributed by atoms with Crippen LogP contribution in [0.2, 0.25) is 0 Å². The van der Waals surface area contributed by atoms with Gasteiger partial charge >= 0.3 is 0 Å². The van der Waals surface area contributed by atoms with Gasteiger partial charge < -0.3 is 10.2 Å². The molecular weight excluding hydrogens is 246 g/mol. The summed E-state index contributed by atoms with van der Waals surface area (Å²) in [6.07, 6.45) is 9.42. The second-order valence-corrected chi connectivity index (χ2v) is 6.24. The fourth-order valence-electron chi connectivity index (χ4n) is 3.59. The minimum absolute atomic E-state index is 0.298. The van der Waals surface area contributed by atoms with Crippen LogP contribution in [0.5, 0.6) is 0 Å². The molecule has 1 fully saturated rings. The average molecular weight is 275 g/mol. The Balaban J connectivity index is 2.17. The molecular formula is C17H29N3. The number of nitrogens with one attached hydrogen (secondary N) is 1. The molecule has 1 N–H and O–H groups in total. The van der Waals surface area contributed by atoms with Crippen LogP contribution < -0.4 is 5.32 Å². The van der Waals surface area contributed by atoms with E-state index < -0.39 is 0 Å². The summed E-state index contributed by atoms with van der Waals surface area (Å²) in [5.74, 6) is 0. The number of pyridine rings is 1. The van der Waals surface area contributed by atoms with E-state index in [-0.39, 0.29) is 0 Å². The van der Waals surface area contributed by atoms with E-state index in [4.69, 9.17) is 0 Å². The predicted octanol–water partition coefficient (Wildman–Crippen LogP) is 2.87. The summed E-state index contributed by atoms with van der Waals surface area (Å²) in [6.45, 7) is 3.33. The van der Waals surface area contributed by atoms with Gasteiger partial charge in [0.15, 0.2) is 0 Å². The van der Waals surface area contributed by atoms with E-state index in [1.54, 1.807) is 0 Å². The SMILES string of the molecule is CCCNC(Cc1ccccn1)C1(N(C)C)CCCC1. The molecule has 0 saturated heterocycles. The number of hydrogen-bond donors (Lipinski definition) is 1. The monoisotopic (exact) mass is 275 g/mol. The summed E-state index contributed by atoms with van der Waals surface area (Å²) in [5, 5.41) is 3.80. The largest absolute Gasteiger partial charge is 0.312 e. The van der Waals surface area contributed by atoms with Gasteiger partial charge in [-0.3, -0.25) is 4.98 Å². The van der Waals surface area contributed by atoms with Crippen molar-refractivity contribution in [3.8, 4) is 0 Å². The van der Waals surface area contributed by atoms with Crippen LogP contribution in [-0.2, 0) is 6.42 Å². The number of rotatable bonds is 7. The molecule has 20 heavy (non-hydrogen) atoms. The summed E-state index contributed by atoms with van der Waals surface area (Å²) in [7, 11) is 4.48. The highest BCUT2D eigenvalue weighted by atomic mass is 15.2. The summed E-state index contributed by atoms with van der Waals surface area (Å²) in [5.41, 5.74) is 1.50. The quantitative estimate of drug-likeness (QED) is 0.829. The Labute approximate surface area is 123 Å². The van der Waals surface area contributed by atoms with Gasteiger partial charge in [0.25, 0.3) is 0 Å². The Morgan fingerprint density at radius 1 is 1.30 bits per heavy atom. The minimum atomic E-state index is 0.298. The third-order valence-electron chi connectivity index (χ3n) is 4.79. The molecule has 1 aliphatic rings. The molecule has 1 aliphatic carbocycles. The van der Waals surface area contributed by atoms with Crippen LogP contribution in [0.15, 0.2) is 24.4 Å². The number of aromatic nitrogens is 1. The molecule has 3 heteroatoms. The standard InChI is InChI=1S/C17H29N3/c1-4-12-19-16(14-15-9-5-8-13-18-15)17(20(2)3)10-6-7-11-17/h5,8-9,13,16,19H,4,6-7,10-12,14H2,1-3H3. The van der Waals surface area contributed by atoms with Crippen LogP contribution >= 0.6 is 0 Å². The molecule has 0 aromatic carbocycles. The van der Waals surface area contributed by atoms with Gasteiger partial charge in [-0.2, -0.15) is 0 Å². The topological polar surface area (TPSA) is 28.2 Å². The van der Waals surface area contributed by atoms with Crippen molar-refractivity contribution in [2.45, 2.75) is 57.0 Å². The first-order valence-electron chi connectivity index (χ1n) is 8.00. The molecule has 1 atom stereocenters. The maximum absolute atomic E-state index is 4.53. The van der Waals surface area contributed by atoms with Gasteiger partial charge in [-0.1, -0.05) is 25.8 Å². The van der Waals surface area contributed by atoms with Crippen LogP contribution in [0, 0.1) is 0 Å². The lowest BCUT2D eigenvalue weighted by atomic mass is 9.83. The van der Waals surface area contributed by atoms with Gasteiger partial charge in [0.2, 0.25) is 0 Å². The van der Waals surface area contributed by atoms with Crippen molar-refractivity contribution < 1.29 is 0 Å². The van der Waals surface area contributed by atoms with E-state index in [1.807, 2.05) is 12.3 Å². The molecule has 1 aromatic rings. The van der Waals surface area contributed by atoms with Crippen molar-refractivity contribution in [3.05, 3.63) is 30.1 Å². The number of nitrogens with zero attached hydrogens (tertiary/aromatic N) is 2. The molecule has 0 amide bonds. The van der Waals surface area contributed by atoms with E-state index in [0.29, 0.717) is 11.6 Å². The van der Waals surface area contributed by atoms with Crippen LogP contribution in [0.3, 0.4) is 0 Å². The number of hydrogen-bond acceptors (Lipinski definition) is 3. The smallest absolute Gasteiger partial charge is 0.0419 e. The van der Waals surface area contributed by atoms with Crippen molar-refractivity contribution in [2.24, 2.45) is 0 Å². The maximum Gasteiger partial charge on any atom is 0.0419 e. The van der Waals surface area contributed by atoms with Crippen molar-refractivity contribution in [2.75, 3.05) is 20.6 Å². The van der Waals surface area contributed by atoms with Gasteiger partial charge in [0.05, 0.1) is 0 Å². The zero-order chi connectivity index (χ0) is 14.4. The van der Waals surface area contributed by atoms with Crippen LogP contribution in [0.25, 0.3) is 0 Å². The third kappa shape index (κ3) is 3.39. The first kappa shape index (κ1) is 15.5. The molecule has 112 valence electrons. The van der Waals surface area contributed by atoms with Crippen molar-refractivity contribution in [3.63, 3.8) is 0 Å². The lowest BCUT2D eigenvalue weighted by Crippen LogP contribution is -2.58. The summed E-state index contributed by atoms with van der Waals surface area (Å²) in [4.78, 5) is 6.98. The Morgan fingerprint density at radius 2 is 2.05 bits per heavy atom. The first-order chi connectivity index (χ1) is 9.69. The van der Waals surface area contributed by atoms with Crippen LogP contribution in [-0.4, -0.2) is 42.1 Å². The molecule has 0 spiro atoms. The lowest BCUT2D eigenvalue weighted by molar-refractivity contribution is 0.104. The summed E-state index contributed by atoms with van der Waals surface area (Å²) in [6, 6.07) is 6.74. The molecule has 3 nitrogen and oxygen atoms in total. The molecule has 2 rings (SSSR count). The minimum Gasteiger partial charge on any atom is -0.312 e. The van der Waals surface area contributed by atoms with Gasteiger partial charge in [-0.05, 0) is 52.0 Å². The Morgan fingerprint density at radius 3 is 2.60 bits per heavy atom. The highest BCUT2D eigenvalue weighted by Crippen LogP contribution is 2.37. The third-order valence-corrected chi connectivity index (χ3v) is 4.79. The highest BCUT2D eigenvalue weighted by Gasteiger charge is 2.42. The van der Waals surface area contributed by atoms with Crippen molar-refractivity contribution in [1.29, 1.82) is 0 Å². The molecule has 0 bridgehead atoms. The van der Waals surface area contributed by atoms with E-state index in [2.05, 4.69) is 48.4 Å². The highest BCUT2D eigenvalue weighted by molar-refractivity contribution is 5.11. The average Bonchev–Trinajstić information content (AvgIpc) is 2.95. The molecule has 1 heterocycles. The zero-order valence-electron chi connectivity index (χ0n) is 13.2. The Bertz CT molecular complexity index is 382. The van der Waals surface area contributed by atoms with E-state index >= 15 is 0 Å². The zero-order valence-corrected chi connectivity index (χ0v) is 13.2. The molecule has 1 saturated carbocycles. The molecule has 0 radical (unpaired) electrons. The molecule has 0 aliphatic heterocycles. The second kappa shape index (κ2) is 7.19. The predicted molar refractivity (Wildman–Crippen MR) is 84.9 cm³/mol. The van der Waals surface area contributed by atoms with Crippen molar-refractivity contribution in [1.82, 2.24) is 15.2 Å². The summed E-state index contributed by atoms with van der Waals surface area (Å²) < 4.78 is 0. The Kier molecular flexibility index (Phi) is 5.55. The second-order valence-electron chi connectivity index (χ2n) is 6.24. The van der Waals surface area contributed by atoms with Crippen LogP contribution in [0.1, 0.15) is 44.7 Å². The van der Waals surface area contributed by atoms with Gasteiger partial charge in [0, 0.05) is 29.9 Å². The lowest BCUT2D eigenvalue weighted by Gasteiger charge is -2.44. The fourth-order valence-corrected chi connectivity index (χ4v) is 3.59. The van der Waals surface area contributed by atoms with Gasteiger partial charge in [-0.15, -0.1) is 0 Å². The van der Waals surface area contributed by atoms with E-state index in [0.717, 1.165) is 13.0 Å². The van der Waals surface area contributed by atoms with Gasteiger partial charge in [-0.25, -0.2) is 0 Å². The van der Waals surface area contributed by atoms with Gasteiger partial charge in [0.1, 0.15) is 0 Å². The van der Waals surface area contributed by atoms with Crippen LogP contribution in [0.4, 0.5) is 0 Å². The van der Waals surface area contributed by atoms with E-state index in [1.165, 1.54) is 37.8 Å². The van der Waals surface area contributed by atoms with E-state index in [9.17, 15) is 0 Å². The fraction of sp³-hybridized carbons (Fsp3) is 0.706. The Hall–Kier alpha value is -0.930. The number of likely N-dealkylation sites (N-methyl/N-ethyl adjacent to an activating group) is 1.